The highest BCUT2D eigenvalue weighted by atomic mass is 32.2. The molecular formula is C21H22N4O2S. The highest BCUT2D eigenvalue weighted by Gasteiger charge is 2.20. The highest BCUT2D eigenvalue weighted by Crippen LogP contribution is 2.26. The fourth-order valence-corrected chi connectivity index (χ4v) is 3.44. The first-order chi connectivity index (χ1) is 13.5. The third-order valence-electron chi connectivity index (χ3n) is 4.16. The molecule has 0 aliphatic rings. The molecule has 0 saturated heterocycles. The van der Waals surface area contributed by atoms with E-state index in [-0.39, 0.29) is 22.9 Å². The summed E-state index contributed by atoms with van der Waals surface area (Å²) in [7, 11) is 0. The molecule has 1 N–H and O–H groups in total. The van der Waals surface area contributed by atoms with Gasteiger partial charge in [-0.15, -0.1) is 10.2 Å². The lowest BCUT2D eigenvalue weighted by Gasteiger charge is -2.12. The van der Waals surface area contributed by atoms with Crippen LogP contribution in [0.1, 0.15) is 31.1 Å². The van der Waals surface area contributed by atoms with E-state index in [0.717, 1.165) is 5.69 Å². The number of amides is 1. The lowest BCUT2D eigenvalue weighted by molar-refractivity contribution is -0.118. The number of benzene rings is 2. The summed E-state index contributed by atoms with van der Waals surface area (Å²) >= 11 is 1.36. The number of carbonyl (C=O) groups excluding carboxylic acids is 2. The van der Waals surface area contributed by atoms with Gasteiger partial charge in [0.1, 0.15) is 6.33 Å². The first-order valence-corrected chi connectivity index (χ1v) is 9.91. The Morgan fingerprint density at radius 2 is 1.68 bits per heavy atom. The molecule has 0 aliphatic carbocycles. The summed E-state index contributed by atoms with van der Waals surface area (Å²) in [6.45, 7) is 5.52. The molecule has 0 radical (unpaired) electrons. The number of nitrogens with one attached hydrogen (secondary N) is 1. The maximum absolute atomic E-state index is 12.8. The standard InChI is InChI=1S/C21H22N4O2S/c1-14(2)20(27)23-17-11-9-16(10-12-17)19(26)15(3)28-21-24-22-13-25(21)18-7-5-4-6-8-18/h4-15H,1-3H3,(H,23,27)/t15-/m0/s1. The molecule has 3 rings (SSSR count). The number of hydrogen-bond acceptors (Lipinski definition) is 5. The Labute approximate surface area is 168 Å². The Balaban J connectivity index is 1.69. The third kappa shape index (κ3) is 4.67. The van der Waals surface area contributed by atoms with Gasteiger partial charge in [-0.3, -0.25) is 14.2 Å². The van der Waals surface area contributed by atoms with Gasteiger partial charge in [0.25, 0.3) is 0 Å². The second-order valence-electron chi connectivity index (χ2n) is 6.66. The van der Waals surface area contributed by atoms with Crippen molar-refractivity contribution >= 4 is 29.1 Å². The van der Waals surface area contributed by atoms with Crippen molar-refractivity contribution in [3.8, 4) is 5.69 Å². The Kier molecular flexibility index (Phi) is 6.26. The molecule has 0 aliphatic heterocycles. The minimum absolute atomic E-state index is 0.00523. The molecule has 28 heavy (non-hydrogen) atoms. The number of anilines is 1. The monoisotopic (exact) mass is 394 g/mol. The van der Waals surface area contributed by atoms with E-state index in [1.807, 2.05) is 55.7 Å². The Hall–Kier alpha value is -2.93. The zero-order valence-electron chi connectivity index (χ0n) is 16.0. The highest BCUT2D eigenvalue weighted by molar-refractivity contribution is 8.00. The van der Waals surface area contributed by atoms with E-state index in [1.54, 1.807) is 30.6 Å². The molecule has 0 bridgehead atoms. The number of nitrogens with zero attached hydrogens (tertiary/aromatic N) is 3. The summed E-state index contributed by atoms with van der Waals surface area (Å²) in [6.07, 6.45) is 1.64. The van der Waals surface area contributed by atoms with Gasteiger partial charge in [-0.05, 0) is 43.3 Å². The zero-order valence-corrected chi connectivity index (χ0v) is 16.8. The van der Waals surface area contributed by atoms with Gasteiger partial charge >= 0.3 is 0 Å². The van der Waals surface area contributed by atoms with Gasteiger partial charge in [-0.2, -0.15) is 0 Å². The molecule has 3 aromatic rings. The Morgan fingerprint density at radius 3 is 2.32 bits per heavy atom. The molecule has 0 saturated carbocycles. The number of Topliss-reactive ketones (excluding diaryl/α,β-unsaturated/α-hetero) is 1. The summed E-state index contributed by atoms with van der Waals surface area (Å²) in [4.78, 5) is 24.6. The van der Waals surface area contributed by atoms with Gasteiger partial charge in [0.05, 0.1) is 5.25 Å². The molecule has 6 nitrogen and oxygen atoms in total. The molecule has 1 aromatic heterocycles. The van der Waals surface area contributed by atoms with Crippen LogP contribution >= 0.6 is 11.8 Å². The molecule has 1 atom stereocenters. The fourth-order valence-electron chi connectivity index (χ4n) is 2.52. The normalized spacial score (nSPS) is 12.0. The van der Waals surface area contributed by atoms with E-state index >= 15 is 0 Å². The van der Waals surface area contributed by atoms with E-state index < -0.39 is 0 Å². The lowest BCUT2D eigenvalue weighted by Crippen LogP contribution is -2.18. The van der Waals surface area contributed by atoms with Crippen LogP contribution in [-0.2, 0) is 4.79 Å². The number of carbonyl (C=O) groups is 2. The van der Waals surface area contributed by atoms with Crippen molar-refractivity contribution in [1.29, 1.82) is 0 Å². The van der Waals surface area contributed by atoms with E-state index in [1.165, 1.54) is 11.8 Å². The van der Waals surface area contributed by atoms with Gasteiger partial charge in [0.15, 0.2) is 10.9 Å². The first-order valence-electron chi connectivity index (χ1n) is 9.03. The lowest BCUT2D eigenvalue weighted by atomic mass is 10.1. The van der Waals surface area contributed by atoms with E-state index in [4.69, 9.17) is 0 Å². The van der Waals surface area contributed by atoms with Crippen LogP contribution in [0.3, 0.4) is 0 Å². The van der Waals surface area contributed by atoms with Crippen LogP contribution in [0.15, 0.2) is 66.1 Å². The number of rotatable bonds is 7. The molecule has 2 aromatic carbocycles. The summed E-state index contributed by atoms with van der Waals surface area (Å²) < 4.78 is 1.86. The Bertz CT molecular complexity index is 952. The van der Waals surface area contributed by atoms with Crippen molar-refractivity contribution in [2.45, 2.75) is 31.2 Å². The van der Waals surface area contributed by atoms with Gasteiger partial charge < -0.3 is 5.32 Å². The maximum Gasteiger partial charge on any atom is 0.226 e. The summed E-state index contributed by atoms with van der Waals surface area (Å²) in [5.41, 5.74) is 2.22. The van der Waals surface area contributed by atoms with Crippen LogP contribution in [0.2, 0.25) is 0 Å². The molecule has 1 heterocycles. The van der Waals surface area contributed by atoms with Gasteiger partial charge in [0.2, 0.25) is 5.91 Å². The molecular weight excluding hydrogens is 372 g/mol. The summed E-state index contributed by atoms with van der Waals surface area (Å²) in [6, 6.07) is 16.7. The van der Waals surface area contributed by atoms with Crippen LogP contribution in [0.5, 0.6) is 0 Å². The number of ketones is 1. The van der Waals surface area contributed by atoms with Crippen molar-refractivity contribution in [3.63, 3.8) is 0 Å². The maximum atomic E-state index is 12.8. The number of hydrogen-bond donors (Lipinski definition) is 1. The fraction of sp³-hybridized carbons (Fsp3) is 0.238. The van der Waals surface area contributed by atoms with Crippen molar-refractivity contribution in [1.82, 2.24) is 14.8 Å². The summed E-state index contributed by atoms with van der Waals surface area (Å²) in [5.74, 6) is -0.155. The number of thioether (sulfide) groups is 1. The van der Waals surface area contributed by atoms with Crippen molar-refractivity contribution in [2.75, 3.05) is 5.32 Å². The molecule has 1 amide bonds. The largest absolute Gasteiger partial charge is 0.326 e. The van der Waals surface area contributed by atoms with Crippen LogP contribution in [0.25, 0.3) is 5.69 Å². The zero-order chi connectivity index (χ0) is 20.1. The molecule has 7 heteroatoms. The smallest absolute Gasteiger partial charge is 0.226 e. The number of para-hydroxylation sites is 1. The SMILES string of the molecule is CC(C)C(=O)Nc1ccc(C(=O)[C@H](C)Sc2nncn2-c2ccccc2)cc1. The molecule has 144 valence electrons. The van der Waals surface area contributed by atoms with Crippen molar-refractivity contribution in [2.24, 2.45) is 5.92 Å². The topological polar surface area (TPSA) is 76.9 Å². The van der Waals surface area contributed by atoms with E-state index in [2.05, 4.69) is 15.5 Å². The van der Waals surface area contributed by atoms with Gasteiger partial charge in [0, 0.05) is 22.9 Å². The van der Waals surface area contributed by atoms with E-state index in [9.17, 15) is 9.59 Å². The predicted molar refractivity (Wildman–Crippen MR) is 111 cm³/mol. The van der Waals surface area contributed by atoms with Gasteiger partial charge in [-0.25, -0.2) is 0 Å². The average molecular weight is 395 g/mol. The molecule has 0 fully saturated rings. The van der Waals surface area contributed by atoms with Crippen molar-refractivity contribution in [3.05, 3.63) is 66.5 Å². The average Bonchev–Trinajstić information content (AvgIpc) is 3.16. The van der Waals surface area contributed by atoms with Crippen LogP contribution in [-0.4, -0.2) is 31.7 Å². The molecule has 0 spiro atoms. The second kappa shape index (κ2) is 8.84. The van der Waals surface area contributed by atoms with Gasteiger partial charge in [-0.1, -0.05) is 43.8 Å². The molecule has 0 unspecified atom stereocenters. The summed E-state index contributed by atoms with van der Waals surface area (Å²) in [5, 5.41) is 11.3. The van der Waals surface area contributed by atoms with E-state index in [0.29, 0.717) is 16.4 Å². The second-order valence-corrected chi connectivity index (χ2v) is 7.97. The van der Waals surface area contributed by atoms with Crippen LogP contribution < -0.4 is 5.32 Å². The predicted octanol–water partition coefficient (Wildman–Crippen LogP) is 4.23. The number of aromatic nitrogens is 3. The van der Waals surface area contributed by atoms with Crippen LogP contribution in [0.4, 0.5) is 5.69 Å². The minimum atomic E-state index is -0.331. The van der Waals surface area contributed by atoms with Crippen molar-refractivity contribution < 1.29 is 9.59 Å². The first kappa shape index (κ1) is 19.8. The third-order valence-corrected chi connectivity index (χ3v) is 5.22. The minimum Gasteiger partial charge on any atom is -0.326 e. The van der Waals surface area contributed by atoms with Crippen LogP contribution in [0, 0.1) is 5.92 Å². The quantitative estimate of drug-likeness (QED) is 0.479. The Morgan fingerprint density at radius 1 is 1.00 bits per heavy atom.